The van der Waals surface area contributed by atoms with E-state index in [9.17, 15) is 4.79 Å². The van der Waals surface area contributed by atoms with Gasteiger partial charge in [-0.05, 0) is 38.5 Å². The van der Waals surface area contributed by atoms with Gasteiger partial charge in [-0.1, -0.05) is 12.1 Å². The zero-order valence-electron chi connectivity index (χ0n) is 16.8. The molecule has 1 aliphatic heterocycles. The van der Waals surface area contributed by atoms with Crippen molar-refractivity contribution in [1.29, 1.82) is 0 Å². The zero-order valence-corrected chi connectivity index (χ0v) is 16.8. The van der Waals surface area contributed by atoms with Crippen LogP contribution in [-0.4, -0.2) is 32.8 Å². The molecule has 0 bridgehead atoms. The minimum Gasteiger partial charge on any atom is -0.493 e. The van der Waals surface area contributed by atoms with Crippen molar-refractivity contribution in [2.24, 2.45) is 0 Å². The Labute approximate surface area is 165 Å². The lowest BCUT2D eigenvalue weighted by Gasteiger charge is -2.29. The number of carbonyl (C=O) groups is 1. The first-order valence-corrected chi connectivity index (χ1v) is 9.65. The van der Waals surface area contributed by atoms with Gasteiger partial charge in [0.2, 0.25) is 5.91 Å². The fourth-order valence-electron chi connectivity index (χ4n) is 3.55. The fraction of sp³-hybridized carbons (Fsp3) is 0.409. The van der Waals surface area contributed by atoms with Gasteiger partial charge < -0.3 is 24.3 Å². The van der Waals surface area contributed by atoms with Crippen molar-refractivity contribution in [3.8, 4) is 23.0 Å². The first-order chi connectivity index (χ1) is 13.6. The third-order valence-electron chi connectivity index (χ3n) is 4.65. The molecule has 0 aliphatic carbocycles. The van der Waals surface area contributed by atoms with E-state index in [1.165, 1.54) is 0 Å². The van der Waals surface area contributed by atoms with Crippen molar-refractivity contribution in [1.82, 2.24) is 0 Å². The van der Waals surface area contributed by atoms with Gasteiger partial charge in [-0.2, -0.15) is 0 Å². The molecule has 28 heavy (non-hydrogen) atoms. The monoisotopic (exact) mass is 385 g/mol. The Bertz CT molecular complexity index is 849. The van der Waals surface area contributed by atoms with E-state index < -0.39 is 0 Å². The number of anilines is 1. The summed E-state index contributed by atoms with van der Waals surface area (Å²) in [5.74, 6) is 2.40. The summed E-state index contributed by atoms with van der Waals surface area (Å²) in [7, 11) is 1.62. The number of rotatable bonds is 8. The minimum absolute atomic E-state index is 0.0469. The van der Waals surface area contributed by atoms with Crippen LogP contribution in [0.1, 0.15) is 44.2 Å². The molecular formula is C22H27NO5. The largest absolute Gasteiger partial charge is 0.493 e. The molecule has 1 aliphatic rings. The lowest BCUT2D eigenvalue weighted by molar-refractivity contribution is -0.116. The van der Waals surface area contributed by atoms with Crippen LogP contribution in [0.15, 0.2) is 30.3 Å². The van der Waals surface area contributed by atoms with Crippen molar-refractivity contribution in [3.63, 3.8) is 0 Å². The minimum atomic E-state index is -0.171. The predicted molar refractivity (Wildman–Crippen MR) is 108 cm³/mol. The van der Waals surface area contributed by atoms with Crippen LogP contribution < -0.4 is 24.3 Å². The summed E-state index contributed by atoms with van der Waals surface area (Å²) in [5, 5.41) is 2.96. The van der Waals surface area contributed by atoms with E-state index in [2.05, 4.69) is 5.32 Å². The maximum absolute atomic E-state index is 12.5. The van der Waals surface area contributed by atoms with E-state index in [1.54, 1.807) is 7.11 Å². The molecule has 0 spiro atoms. The van der Waals surface area contributed by atoms with Crippen LogP contribution in [-0.2, 0) is 4.79 Å². The first kappa shape index (κ1) is 19.9. The van der Waals surface area contributed by atoms with Gasteiger partial charge in [-0.15, -0.1) is 0 Å². The highest BCUT2D eigenvalue weighted by Crippen LogP contribution is 2.47. The van der Waals surface area contributed by atoms with E-state index >= 15 is 0 Å². The molecule has 3 rings (SSSR count). The van der Waals surface area contributed by atoms with Crippen LogP contribution in [0.4, 0.5) is 5.69 Å². The Morgan fingerprint density at radius 2 is 1.61 bits per heavy atom. The number of amides is 1. The van der Waals surface area contributed by atoms with Crippen molar-refractivity contribution in [2.45, 2.75) is 33.1 Å². The second kappa shape index (κ2) is 8.87. The van der Waals surface area contributed by atoms with Crippen LogP contribution in [0.3, 0.4) is 0 Å². The Kier molecular flexibility index (Phi) is 6.29. The molecule has 1 atom stereocenters. The van der Waals surface area contributed by atoms with Crippen LogP contribution in [0.25, 0.3) is 0 Å². The standard InChI is InChI=1S/C22H27NO5/c1-5-26-19-11-16-15(12-21(24)23-17(16)13-20(19)27-6-2)14-9-8-10-18(25-4)22(14)28-7-3/h8-11,13,15H,5-7,12H2,1-4H3,(H,23,24)/t15-/m1/s1. The molecule has 2 aromatic rings. The molecule has 0 saturated heterocycles. The molecule has 0 unspecified atom stereocenters. The Morgan fingerprint density at radius 1 is 0.929 bits per heavy atom. The second-order valence-corrected chi connectivity index (χ2v) is 6.37. The second-order valence-electron chi connectivity index (χ2n) is 6.37. The summed E-state index contributed by atoms with van der Waals surface area (Å²) < 4.78 is 22.9. The third-order valence-corrected chi connectivity index (χ3v) is 4.65. The molecule has 6 nitrogen and oxygen atoms in total. The van der Waals surface area contributed by atoms with Gasteiger partial charge in [0, 0.05) is 29.7 Å². The van der Waals surface area contributed by atoms with Gasteiger partial charge in [-0.3, -0.25) is 4.79 Å². The maximum Gasteiger partial charge on any atom is 0.225 e. The van der Waals surface area contributed by atoms with Crippen molar-refractivity contribution in [3.05, 3.63) is 41.5 Å². The van der Waals surface area contributed by atoms with Gasteiger partial charge in [0.1, 0.15) is 0 Å². The average Bonchev–Trinajstić information content (AvgIpc) is 2.69. The lowest BCUT2D eigenvalue weighted by atomic mass is 9.84. The van der Waals surface area contributed by atoms with Crippen molar-refractivity contribution < 1.29 is 23.7 Å². The number of carbonyl (C=O) groups excluding carboxylic acids is 1. The van der Waals surface area contributed by atoms with Gasteiger partial charge in [0.25, 0.3) is 0 Å². The summed E-state index contributed by atoms with van der Waals surface area (Å²) in [6.07, 6.45) is 0.319. The lowest BCUT2D eigenvalue weighted by Crippen LogP contribution is -2.24. The number of nitrogens with one attached hydrogen (secondary N) is 1. The molecule has 0 fully saturated rings. The Morgan fingerprint density at radius 3 is 2.25 bits per heavy atom. The average molecular weight is 385 g/mol. The molecule has 1 N–H and O–H groups in total. The summed E-state index contributed by atoms with van der Waals surface area (Å²) in [6, 6.07) is 9.57. The number of hydrogen-bond donors (Lipinski definition) is 1. The van der Waals surface area contributed by atoms with Crippen LogP contribution >= 0.6 is 0 Å². The van der Waals surface area contributed by atoms with E-state index in [4.69, 9.17) is 18.9 Å². The van der Waals surface area contributed by atoms with Crippen molar-refractivity contribution in [2.75, 3.05) is 32.2 Å². The summed E-state index contributed by atoms with van der Waals surface area (Å²) in [5.41, 5.74) is 2.63. The molecule has 150 valence electrons. The summed E-state index contributed by atoms with van der Waals surface area (Å²) >= 11 is 0. The maximum atomic E-state index is 12.5. The van der Waals surface area contributed by atoms with E-state index in [0.29, 0.717) is 49.2 Å². The number of benzene rings is 2. The summed E-state index contributed by atoms with van der Waals surface area (Å²) in [6.45, 7) is 7.33. The summed E-state index contributed by atoms with van der Waals surface area (Å²) in [4.78, 5) is 12.5. The number of fused-ring (bicyclic) bond motifs is 1. The van der Waals surface area contributed by atoms with Gasteiger partial charge in [0.05, 0.1) is 26.9 Å². The van der Waals surface area contributed by atoms with E-state index in [1.807, 2.05) is 51.1 Å². The molecule has 0 radical (unpaired) electrons. The molecule has 0 aromatic heterocycles. The SMILES string of the molecule is CCOc1cc2c(cc1OCC)[C@@H](c1cccc(OC)c1OCC)CC(=O)N2. The Hall–Kier alpha value is -2.89. The van der Waals surface area contributed by atoms with Crippen LogP contribution in [0, 0.1) is 0 Å². The van der Waals surface area contributed by atoms with E-state index in [0.717, 1.165) is 16.8 Å². The quantitative estimate of drug-likeness (QED) is 0.731. The molecule has 6 heteroatoms. The van der Waals surface area contributed by atoms with E-state index in [-0.39, 0.29) is 11.8 Å². The highest BCUT2D eigenvalue weighted by atomic mass is 16.5. The predicted octanol–water partition coefficient (Wildman–Crippen LogP) is 4.37. The van der Waals surface area contributed by atoms with Crippen LogP contribution in [0.2, 0.25) is 0 Å². The Balaban J connectivity index is 2.15. The van der Waals surface area contributed by atoms with Gasteiger partial charge >= 0.3 is 0 Å². The van der Waals surface area contributed by atoms with Crippen LogP contribution in [0.5, 0.6) is 23.0 Å². The van der Waals surface area contributed by atoms with Crippen molar-refractivity contribution >= 4 is 11.6 Å². The molecule has 2 aromatic carbocycles. The fourth-order valence-corrected chi connectivity index (χ4v) is 3.55. The molecular weight excluding hydrogens is 358 g/mol. The zero-order chi connectivity index (χ0) is 20.1. The number of ether oxygens (including phenoxy) is 4. The number of methoxy groups -OCH3 is 1. The topological polar surface area (TPSA) is 66.0 Å². The molecule has 1 amide bonds. The highest BCUT2D eigenvalue weighted by Gasteiger charge is 2.31. The molecule has 0 saturated carbocycles. The number of para-hydroxylation sites is 1. The molecule has 1 heterocycles. The smallest absolute Gasteiger partial charge is 0.225 e. The van der Waals surface area contributed by atoms with Gasteiger partial charge in [0.15, 0.2) is 23.0 Å². The highest BCUT2D eigenvalue weighted by molar-refractivity contribution is 5.96. The first-order valence-electron chi connectivity index (χ1n) is 9.65. The normalized spacial score (nSPS) is 15.4. The third kappa shape index (κ3) is 3.86. The number of hydrogen-bond acceptors (Lipinski definition) is 5. The van der Waals surface area contributed by atoms with Gasteiger partial charge in [-0.25, -0.2) is 0 Å².